The second kappa shape index (κ2) is 8.62. The Bertz CT molecular complexity index is 775. The van der Waals surface area contributed by atoms with E-state index in [0.29, 0.717) is 12.3 Å². The molecule has 1 aliphatic rings. The molecule has 1 heterocycles. The van der Waals surface area contributed by atoms with E-state index in [4.69, 9.17) is 10.00 Å². The molecule has 2 rings (SSSR count). The minimum atomic E-state index is -3.62. The van der Waals surface area contributed by atoms with Gasteiger partial charge >= 0.3 is 5.97 Å². The van der Waals surface area contributed by atoms with E-state index >= 15 is 0 Å². The third-order valence-corrected chi connectivity index (χ3v) is 5.04. The van der Waals surface area contributed by atoms with Crippen LogP contribution in [0.15, 0.2) is 40.9 Å². The first-order valence-corrected chi connectivity index (χ1v) is 9.11. The molecule has 2 N–H and O–H groups in total. The quantitative estimate of drug-likeness (QED) is 0.422. The summed E-state index contributed by atoms with van der Waals surface area (Å²) in [6.45, 7) is 0.909. The third-order valence-electron chi connectivity index (χ3n) is 3.60. The van der Waals surface area contributed by atoms with Crippen LogP contribution in [0.1, 0.15) is 12.8 Å². The van der Waals surface area contributed by atoms with Crippen LogP contribution in [0, 0.1) is 11.3 Å². The summed E-state index contributed by atoms with van der Waals surface area (Å²) < 4.78 is 36.9. The van der Waals surface area contributed by atoms with Crippen LogP contribution in [-0.2, 0) is 24.3 Å². The monoisotopic (exact) mass is 365 g/mol. The molecule has 0 spiro atoms. The van der Waals surface area contributed by atoms with Crippen molar-refractivity contribution in [2.75, 3.05) is 25.6 Å². The highest BCUT2D eigenvalue weighted by Gasteiger charge is 2.20. The van der Waals surface area contributed by atoms with Gasteiger partial charge in [-0.25, -0.2) is 17.9 Å². The number of rotatable bonds is 7. The van der Waals surface area contributed by atoms with Crippen molar-refractivity contribution in [3.05, 3.63) is 36.0 Å². The fraction of sp³-hybridized carbons (Fsp3) is 0.375. The number of nitrogens with zero attached hydrogens (tertiary/aromatic N) is 1. The number of ether oxygens (including phenoxy) is 2. The Morgan fingerprint density at radius 1 is 1.44 bits per heavy atom. The number of benzene rings is 1. The van der Waals surface area contributed by atoms with E-state index in [9.17, 15) is 13.2 Å². The fourth-order valence-corrected chi connectivity index (χ4v) is 3.29. The van der Waals surface area contributed by atoms with Crippen LogP contribution in [0.4, 0.5) is 5.69 Å². The van der Waals surface area contributed by atoms with E-state index in [2.05, 4.69) is 14.8 Å². The summed E-state index contributed by atoms with van der Waals surface area (Å²) in [4.78, 5) is 11.4. The molecule has 0 bridgehead atoms. The number of anilines is 1. The number of sulfonamides is 1. The topological polar surface area (TPSA) is 118 Å². The lowest BCUT2D eigenvalue weighted by Crippen LogP contribution is -2.31. The van der Waals surface area contributed by atoms with E-state index < -0.39 is 16.0 Å². The van der Waals surface area contributed by atoms with Crippen LogP contribution < -0.4 is 10.0 Å². The Kier molecular flexibility index (Phi) is 6.52. The fourth-order valence-electron chi connectivity index (χ4n) is 2.22. The lowest BCUT2D eigenvalue weighted by Gasteiger charge is -2.11. The number of nitriles is 1. The van der Waals surface area contributed by atoms with E-state index in [1.165, 1.54) is 37.6 Å². The second-order valence-corrected chi connectivity index (χ2v) is 7.08. The summed E-state index contributed by atoms with van der Waals surface area (Å²) in [5.74, 6) is -0.757. The van der Waals surface area contributed by atoms with Crippen molar-refractivity contribution >= 4 is 21.7 Å². The molecule has 0 radical (unpaired) electrons. The van der Waals surface area contributed by atoms with E-state index in [1.807, 2.05) is 0 Å². The zero-order chi connectivity index (χ0) is 18.3. The highest BCUT2D eigenvalue weighted by molar-refractivity contribution is 7.89. The number of esters is 1. The molecule has 1 aliphatic heterocycles. The predicted molar refractivity (Wildman–Crippen MR) is 89.9 cm³/mol. The maximum absolute atomic E-state index is 12.2. The molecule has 0 aromatic heterocycles. The first-order chi connectivity index (χ1) is 12.0. The molecule has 0 amide bonds. The molecule has 8 nitrogen and oxygen atoms in total. The van der Waals surface area contributed by atoms with Crippen LogP contribution in [0.25, 0.3) is 0 Å². The molecule has 1 atom stereocenters. The van der Waals surface area contributed by atoms with Gasteiger partial charge in [0, 0.05) is 25.0 Å². The maximum atomic E-state index is 12.2. The van der Waals surface area contributed by atoms with Gasteiger partial charge in [0.25, 0.3) is 0 Å². The summed E-state index contributed by atoms with van der Waals surface area (Å²) in [7, 11) is -2.44. The van der Waals surface area contributed by atoms with Gasteiger partial charge in [-0.2, -0.15) is 5.26 Å². The van der Waals surface area contributed by atoms with Crippen LogP contribution in [0.5, 0.6) is 0 Å². The summed E-state index contributed by atoms with van der Waals surface area (Å²) >= 11 is 0. The summed E-state index contributed by atoms with van der Waals surface area (Å²) in [6, 6.07) is 7.63. The van der Waals surface area contributed by atoms with Gasteiger partial charge in [0.15, 0.2) is 5.57 Å². The number of carbonyl (C=O) groups excluding carboxylic acids is 1. The van der Waals surface area contributed by atoms with E-state index in [1.54, 1.807) is 6.07 Å². The summed E-state index contributed by atoms with van der Waals surface area (Å²) in [5, 5.41) is 11.6. The van der Waals surface area contributed by atoms with E-state index in [-0.39, 0.29) is 23.1 Å². The van der Waals surface area contributed by atoms with Crippen LogP contribution >= 0.6 is 0 Å². The van der Waals surface area contributed by atoms with Gasteiger partial charge in [-0.05, 0) is 37.1 Å². The lowest BCUT2D eigenvalue weighted by atomic mass is 10.2. The van der Waals surface area contributed by atoms with Gasteiger partial charge in [0.2, 0.25) is 10.0 Å². The molecular weight excluding hydrogens is 346 g/mol. The van der Waals surface area contributed by atoms with Crippen molar-refractivity contribution in [3.8, 4) is 6.07 Å². The Balaban J connectivity index is 1.99. The highest BCUT2D eigenvalue weighted by Crippen LogP contribution is 2.16. The van der Waals surface area contributed by atoms with Crippen molar-refractivity contribution in [2.24, 2.45) is 0 Å². The average Bonchev–Trinajstić information content (AvgIpc) is 3.14. The normalized spacial score (nSPS) is 17.8. The van der Waals surface area contributed by atoms with Crippen molar-refractivity contribution in [3.63, 3.8) is 0 Å². The number of hydrogen-bond acceptors (Lipinski definition) is 7. The minimum absolute atomic E-state index is 0.0800. The summed E-state index contributed by atoms with van der Waals surface area (Å²) in [5.41, 5.74) is 0.326. The molecule has 1 aromatic carbocycles. The van der Waals surface area contributed by atoms with Crippen molar-refractivity contribution in [1.29, 1.82) is 5.26 Å². The SMILES string of the molecule is COC(=O)/C(C#N)=C/Nc1ccc(S(=O)(=O)NCC2CCCO2)cc1. The van der Waals surface area contributed by atoms with Crippen LogP contribution in [0.2, 0.25) is 0 Å². The Morgan fingerprint density at radius 2 is 2.16 bits per heavy atom. The number of carbonyl (C=O) groups is 1. The van der Waals surface area contributed by atoms with Crippen molar-refractivity contribution in [2.45, 2.75) is 23.8 Å². The Labute approximate surface area is 146 Å². The summed E-state index contributed by atoms with van der Waals surface area (Å²) in [6.07, 6.45) is 2.91. The molecule has 134 valence electrons. The Hall–Kier alpha value is -2.41. The number of nitrogens with one attached hydrogen (secondary N) is 2. The zero-order valence-corrected chi connectivity index (χ0v) is 14.5. The van der Waals surface area contributed by atoms with Crippen molar-refractivity contribution in [1.82, 2.24) is 4.72 Å². The van der Waals surface area contributed by atoms with Gasteiger partial charge in [0.05, 0.1) is 18.1 Å². The average molecular weight is 365 g/mol. The van der Waals surface area contributed by atoms with Gasteiger partial charge in [-0.15, -0.1) is 0 Å². The molecule has 1 fully saturated rings. The van der Waals surface area contributed by atoms with Gasteiger partial charge in [0.1, 0.15) is 6.07 Å². The maximum Gasteiger partial charge on any atom is 0.350 e. The van der Waals surface area contributed by atoms with Crippen molar-refractivity contribution < 1.29 is 22.7 Å². The highest BCUT2D eigenvalue weighted by atomic mass is 32.2. The predicted octanol–water partition coefficient (Wildman–Crippen LogP) is 1.14. The minimum Gasteiger partial charge on any atom is -0.465 e. The Morgan fingerprint density at radius 3 is 2.72 bits per heavy atom. The molecule has 1 saturated heterocycles. The van der Waals surface area contributed by atoms with Crippen LogP contribution in [-0.4, -0.2) is 40.8 Å². The molecular formula is C16H19N3O5S. The van der Waals surface area contributed by atoms with E-state index in [0.717, 1.165) is 12.8 Å². The molecule has 0 aliphatic carbocycles. The smallest absolute Gasteiger partial charge is 0.350 e. The molecule has 1 aromatic rings. The first-order valence-electron chi connectivity index (χ1n) is 7.62. The second-order valence-electron chi connectivity index (χ2n) is 5.32. The molecule has 0 saturated carbocycles. The van der Waals surface area contributed by atoms with Crippen LogP contribution in [0.3, 0.4) is 0 Å². The third kappa shape index (κ3) is 5.29. The molecule has 1 unspecified atom stereocenters. The van der Waals surface area contributed by atoms with Gasteiger partial charge in [-0.1, -0.05) is 0 Å². The standard InChI is InChI=1S/C16H19N3O5S/c1-23-16(20)12(9-17)10-18-13-4-6-15(7-5-13)25(21,22)19-11-14-3-2-8-24-14/h4-7,10,14,18-19H,2-3,8,11H2,1H3/b12-10+. The first kappa shape index (κ1) is 18.9. The van der Waals surface area contributed by atoms with Gasteiger partial charge in [-0.3, -0.25) is 0 Å². The number of hydrogen-bond donors (Lipinski definition) is 2. The lowest BCUT2D eigenvalue weighted by molar-refractivity contribution is -0.135. The molecule has 25 heavy (non-hydrogen) atoms. The van der Waals surface area contributed by atoms with Gasteiger partial charge < -0.3 is 14.8 Å². The molecule has 9 heteroatoms. The number of methoxy groups -OCH3 is 1. The zero-order valence-electron chi connectivity index (χ0n) is 13.7. The largest absolute Gasteiger partial charge is 0.465 e.